The Labute approximate surface area is 128 Å². The van der Waals surface area contributed by atoms with Crippen molar-refractivity contribution in [1.29, 1.82) is 0 Å². The second-order valence-electron chi connectivity index (χ2n) is 5.03. The monoisotopic (exact) mass is 292 g/mol. The number of phenolic OH excluding ortho intramolecular Hbond substituents is 1. The van der Waals surface area contributed by atoms with Gasteiger partial charge in [0.25, 0.3) is 0 Å². The first-order valence-electron chi connectivity index (χ1n) is 6.96. The van der Waals surface area contributed by atoms with Crippen molar-refractivity contribution in [1.82, 2.24) is 0 Å². The molecule has 22 heavy (non-hydrogen) atoms. The summed E-state index contributed by atoms with van der Waals surface area (Å²) in [7, 11) is 1.58. The van der Waals surface area contributed by atoms with Crippen molar-refractivity contribution in [3.63, 3.8) is 0 Å². The van der Waals surface area contributed by atoms with Crippen LogP contribution in [0.15, 0.2) is 64.8 Å². The molecule has 0 spiro atoms. The van der Waals surface area contributed by atoms with E-state index in [1.807, 2.05) is 55.5 Å². The average Bonchev–Trinajstić information content (AvgIpc) is 2.55. The van der Waals surface area contributed by atoms with Gasteiger partial charge in [0.15, 0.2) is 0 Å². The van der Waals surface area contributed by atoms with E-state index in [2.05, 4.69) is 10.2 Å². The largest absolute Gasteiger partial charge is 0.505 e. The highest BCUT2D eigenvalue weighted by molar-refractivity contribution is 5.99. The van der Waals surface area contributed by atoms with Crippen molar-refractivity contribution in [3.8, 4) is 11.5 Å². The maximum atomic E-state index is 10.2. The molecule has 3 aromatic carbocycles. The number of hydrogen-bond donors (Lipinski definition) is 1. The third-order valence-corrected chi connectivity index (χ3v) is 3.48. The van der Waals surface area contributed by atoms with Crippen molar-refractivity contribution < 1.29 is 9.84 Å². The Balaban J connectivity index is 2.10. The van der Waals surface area contributed by atoms with Gasteiger partial charge < -0.3 is 9.84 Å². The number of benzene rings is 3. The van der Waals surface area contributed by atoms with Gasteiger partial charge in [0.05, 0.1) is 12.8 Å². The topological polar surface area (TPSA) is 54.2 Å². The number of azo groups is 1. The van der Waals surface area contributed by atoms with Crippen molar-refractivity contribution in [2.45, 2.75) is 6.92 Å². The second kappa shape index (κ2) is 5.85. The van der Waals surface area contributed by atoms with Gasteiger partial charge in [-0.05, 0) is 19.1 Å². The van der Waals surface area contributed by atoms with Crippen LogP contribution in [0.5, 0.6) is 11.5 Å². The van der Waals surface area contributed by atoms with Crippen LogP contribution in [0.3, 0.4) is 0 Å². The molecule has 0 fully saturated rings. The van der Waals surface area contributed by atoms with Gasteiger partial charge in [-0.3, -0.25) is 0 Å². The first kappa shape index (κ1) is 14.1. The minimum atomic E-state index is 0.0476. The fourth-order valence-corrected chi connectivity index (χ4v) is 2.31. The zero-order chi connectivity index (χ0) is 15.5. The van der Waals surface area contributed by atoms with Gasteiger partial charge in [0, 0.05) is 16.8 Å². The molecule has 110 valence electrons. The summed E-state index contributed by atoms with van der Waals surface area (Å²) in [6.45, 7) is 2.02. The number of phenols is 1. The fourth-order valence-electron chi connectivity index (χ4n) is 2.31. The van der Waals surface area contributed by atoms with Crippen molar-refractivity contribution in [2.24, 2.45) is 10.2 Å². The molecule has 0 aliphatic heterocycles. The van der Waals surface area contributed by atoms with Crippen LogP contribution >= 0.6 is 0 Å². The van der Waals surface area contributed by atoms with Crippen molar-refractivity contribution in [2.75, 3.05) is 7.11 Å². The molecule has 0 aromatic heterocycles. The maximum Gasteiger partial charge on any atom is 0.147 e. The Hall–Kier alpha value is -2.88. The molecule has 4 heteroatoms. The SMILES string of the molecule is COc1cc(O)c(N=Nc2ccc(C)cc2)c2ccccc12. The Morgan fingerprint density at radius 3 is 2.27 bits per heavy atom. The van der Waals surface area contributed by atoms with Crippen LogP contribution < -0.4 is 4.74 Å². The molecular formula is C18H16N2O2. The van der Waals surface area contributed by atoms with Gasteiger partial charge >= 0.3 is 0 Å². The predicted octanol–water partition coefficient (Wildman–Crippen LogP) is 5.28. The molecule has 3 aromatic rings. The van der Waals surface area contributed by atoms with E-state index in [4.69, 9.17) is 4.74 Å². The highest BCUT2D eigenvalue weighted by Crippen LogP contribution is 2.41. The van der Waals surface area contributed by atoms with Crippen LogP contribution in [0, 0.1) is 6.92 Å². The van der Waals surface area contributed by atoms with Crippen LogP contribution in [-0.2, 0) is 0 Å². The number of aromatic hydroxyl groups is 1. The lowest BCUT2D eigenvalue weighted by Crippen LogP contribution is -1.85. The van der Waals surface area contributed by atoms with Crippen LogP contribution in [0.1, 0.15) is 5.56 Å². The highest BCUT2D eigenvalue weighted by atomic mass is 16.5. The Kier molecular flexibility index (Phi) is 3.74. The summed E-state index contributed by atoms with van der Waals surface area (Å²) >= 11 is 0. The highest BCUT2D eigenvalue weighted by Gasteiger charge is 2.11. The van der Waals surface area contributed by atoms with E-state index >= 15 is 0 Å². The van der Waals surface area contributed by atoms with Gasteiger partial charge in [-0.1, -0.05) is 42.0 Å². The third kappa shape index (κ3) is 2.63. The standard InChI is InChI=1S/C18H16N2O2/c1-12-7-9-13(10-8-12)19-20-18-15-6-4-3-5-14(15)17(22-2)11-16(18)21/h3-11,21H,1-2H3. The van der Waals surface area contributed by atoms with Gasteiger partial charge in [-0.15, -0.1) is 5.11 Å². The maximum absolute atomic E-state index is 10.2. The molecule has 0 unspecified atom stereocenters. The van der Waals surface area contributed by atoms with Crippen molar-refractivity contribution in [3.05, 3.63) is 60.2 Å². The molecular weight excluding hydrogens is 276 g/mol. The van der Waals surface area contributed by atoms with E-state index in [1.165, 1.54) is 0 Å². The van der Waals surface area contributed by atoms with E-state index in [9.17, 15) is 5.11 Å². The van der Waals surface area contributed by atoms with Gasteiger partial charge in [-0.25, -0.2) is 0 Å². The molecule has 0 bridgehead atoms. The van der Waals surface area contributed by atoms with E-state index in [1.54, 1.807) is 13.2 Å². The summed E-state index contributed by atoms with van der Waals surface area (Å²) in [4.78, 5) is 0. The first-order valence-corrected chi connectivity index (χ1v) is 6.96. The second-order valence-corrected chi connectivity index (χ2v) is 5.03. The van der Waals surface area contributed by atoms with Crippen LogP contribution in [0.25, 0.3) is 10.8 Å². The molecule has 0 aliphatic rings. The number of aryl methyl sites for hydroxylation is 1. The number of nitrogens with zero attached hydrogens (tertiary/aromatic N) is 2. The number of fused-ring (bicyclic) bond motifs is 1. The third-order valence-electron chi connectivity index (χ3n) is 3.48. The van der Waals surface area contributed by atoms with Crippen molar-refractivity contribution >= 4 is 22.1 Å². The summed E-state index contributed by atoms with van der Waals surface area (Å²) in [6, 6.07) is 16.9. The van der Waals surface area contributed by atoms with Crippen LogP contribution in [0.2, 0.25) is 0 Å². The minimum Gasteiger partial charge on any atom is -0.505 e. The fraction of sp³-hybridized carbons (Fsp3) is 0.111. The summed E-state index contributed by atoms with van der Waals surface area (Å²) in [5.41, 5.74) is 2.35. The van der Waals surface area contributed by atoms with Gasteiger partial charge in [0.1, 0.15) is 17.2 Å². The lowest BCUT2D eigenvalue weighted by atomic mass is 10.1. The predicted molar refractivity (Wildman–Crippen MR) is 87.5 cm³/mol. The molecule has 0 saturated heterocycles. The molecule has 0 heterocycles. The number of ether oxygens (including phenoxy) is 1. The Bertz CT molecular complexity index is 840. The van der Waals surface area contributed by atoms with E-state index < -0.39 is 0 Å². The smallest absolute Gasteiger partial charge is 0.147 e. The quantitative estimate of drug-likeness (QED) is 0.668. The lowest BCUT2D eigenvalue weighted by Gasteiger charge is -2.09. The normalized spacial score (nSPS) is 11.2. The van der Waals surface area contributed by atoms with Crippen LogP contribution in [-0.4, -0.2) is 12.2 Å². The first-order chi connectivity index (χ1) is 10.7. The van der Waals surface area contributed by atoms with E-state index in [0.29, 0.717) is 11.4 Å². The summed E-state index contributed by atoms with van der Waals surface area (Å²) < 4.78 is 5.31. The summed E-state index contributed by atoms with van der Waals surface area (Å²) in [5.74, 6) is 0.661. The molecule has 1 N–H and O–H groups in total. The van der Waals surface area contributed by atoms with E-state index in [-0.39, 0.29) is 5.75 Å². The van der Waals surface area contributed by atoms with Crippen LogP contribution in [0.4, 0.5) is 11.4 Å². The number of hydrogen-bond acceptors (Lipinski definition) is 4. The molecule has 4 nitrogen and oxygen atoms in total. The van der Waals surface area contributed by atoms with Gasteiger partial charge in [0.2, 0.25) is 0 Å². The molecule has 3 rings (SSSR count). The zero-order valence-electron chi connectivity index (χ0n) is 12.4. The van der Waals surface area contributed by atoms with Gasteiger partial charge in [-0.2, -0.15) is 5.11 Å². The minimum absolute atomic E-state index is 0.0476. The van der Waals surface area contributed by atoms with E-state index in [0.717, 1.165) is 22.0 Å². The summed E-state index contributed by atoms with van der Waals surface area (Å²) in [5, 5.41) is 20.3. The molecule has 0 radical (unpaired) electrons. The lowest BCUT2D eigenvalue weighted by molar-refractivity contribution is 0.413. The molecule has 0 amide bonds. The summed E-state index contributed by atoms with van der Waals surface area (Å²) in [6.07, 6.45) is 0. The zero-order valence-corrected chi connectivity index (χ0v) is 12.4. The number of methoxy groups -OCH3 is 1. The molecule has 0 aliphatic carbocycles. The Morgan fingerprint density at radius 2 is 1.59 bits per heavy atom. The molecule has 0 saturated carbocycles. The number of rotatable bonds is 3. The molecule has 0 atom stereocenters. The Morgan fingerprint density at radius 1 is 0.909 bits per heavy atom. The average molecular weight is 292 g/mol.